The van der Waals surface area contributed by atoms with Crippen LogP contribution in [0.2, 0.25) is 0 Å². The Labute approximate surface area is 157 Å². The number of hydrogen-bond acceptors (Lipinski definition) is 5. The van der Waals surface area contributed by atoms with Crippen LogP contribution in [-0.2, 0) is 19.6 Å². The van der Waals surface area contributed by atoms with Crippen molar-refractivity contribution >= 4 is 39.3 Å². The molecular weight excluding hydrogens is 372 g/mol. The summed E-state index contributed by atoms with van der Waals surface area (Å²) in [6.07, 6.45) is 0. The number of amides is 2. The topological polar surface area (TPSA) is 92.3 Å². The van der Waals surface area contributed by atoms with Crippen LogP contribution >= 0.6 is 11.8 Å². The predicted molar refractivity (Wildman–Crippen MR) is 103 cm³/mol. The van der Waals surface area contributed by atoms with Crippen molar-refractivity contribution in [3.63, 3.8) is 0 Å². The van der Waals surface area contributed by atoms with Gasteiger partial charge in [-0.1, -0.05) is 17.7 Å². The molecule has 0 aliphatic heterocycles. The lowest BCUT2D eigenvalue weighted by molar-refractivity contribution is -0.117. The molecule has 1 atom stereocenters. The lowest BCUT2D eigenvalue weighted by Crippen LogP contribution is -2.28. The molecule has 2 amide bonds. The molecule has 0 spiro atoms. The van der Waals surface area contributed by atoms with E-state index >= 15 is 0 Å². The first-order valence-corrected chi connectivity index (χ1v) is 10.2. The lowest BCUT2D eigenvalue weighted by Gasteiger charge is -2.12. The largest absolute Gasteiger partial charge is 0.325 e. The Morgan fingerprint density at radius 3 is 2.12 bits per heavy atom. The van der Waals surface area contributed by atoms with E-state index in [0.29, 0.717) is 5.69 Å². The highest BCUT2D eigenvalue weighted by Crippen LogP contribution is 2.24. The summed E-state index contributed by atoms with van der Waals surface area (Å²) < 4.78 is 25.7. The fourth-order valence-corrected chi connectivity index (χ4v) is 3.94. The van der Waals surface area contributed by atoms with Gasteiger partial charge in [-0.05, 0) is 50.2 Å². The van der Waals surface area contributed by atoms with Crippen LogP contribution in [0.25, 0.3) is 0 Å². The molecule has 2 rings (SSSR count). The van der Waals surface area contributed by atoms with Gasteiger partial charge in [0.1, 0.15) is 0 Å². The maximum Gasteiger partial charge on any atom is 0.264 e. The van der Waals surface area contributed by atoms with Crippen molar-refractivity contribution in [3.05, 3.63) is 54.1 Å². The molecule has 0 aromatic heterocycles. The maximum absolute atomic E-state index is 12.3. The molecule has 2 aromatic carbocycles. The number of aryl methyl sites for hydroxylation is 1. The summed E-state index contributed by atoms with van der Waals surface area (Å²) in [4.78, 5) is 24.2. The number of anilines is 1. The highest BCUT2D eigenvalue weighted by Gasteiger charge is 2.17. The van der Waals surface area contributed by atoms with E-state index < -0.39 is 15.9 Å². The predicted octanol–water partition coefficient (Wildman–Crippen LogP) is 2.94. The quantitative estimate of drug-likeness (QED) is 0.738. The zero-order valence-electron chi connectivity index (χ0n) is 14.6. The van der Waals surface area contributed by atoms with E-state index in [1.54, 1.807) is 6.92 Å². The van der Waals surface area contributed by atoms with Gasteiger partial charge in [0, 0.05) is 17.5 Å². The van der Waals surface area contributed by atoms with Gasteiger partial charge in [-0.2, -0.15) is 0 Å². The number of thioether (sulfide) groups is 1. The second-order valence-electron chi connectivity index (χ2n) is 5.75. The molecule has 0 aliphatic rings. The summed E-state index contributed by atoms with van der Waals surface area (Å²) in [5.41, 5.74) is 1.63. The van der Waals surface area contributed by atoms with Gasteiger partial charge >= 0.3 is 0 Å². The van der Waals surface area contributed by atoms with Crippen LogP contribution in [0.5, 0.6) is 0 Å². The molecule has 0 saturated heterocycles. The molecule has 1 unspecified atom stereocenters. The molecule has 0 saturated carbocycles. The summed E-state index contributed by atoms with van der Waals surface area (Å²) in [6, 6.07) is 13.5. The summed E-state index contributed by atoms with van der Waals surface area (Å²) in [6.45, 7) is 4.93. The molecule has 0 fully saturated rings. The Morgan fingerprint density at radius 1 is 1.00 bits per heavy atom. The second kappa shape index (κ2) is 8.37. The first-order valence-electron chi connectivity index (χ1n) is 7.85. The third kappa shape index (κ3) is 5.60. The summed E-state index contributed by atoms with van der Waals surface area (Å²) >= 11 is 1.44. The molecule has 8 heteroatoms. The van der Waals surface area contributed by atoms with E-state index in [1.807, 2.05) is 35.9 Å². The van der Waals surface area contributed by atoms with Gasteiger partial charge in [0.15, 0.2) is 0 Å². The van der Waals surface area contributed by atoms with Gasteiger partial charge in [-0.25, -0.2) is 13.1 Å². The van der Waals surface area contributed by atoms with E-state index in [9.17, 15) is 18.0 Å². The van der Waals surface area contributed by atoms with E-state index in [0.717, 1.165) is 17.4 Å². The SMILES string of the molecule is CC(=O)NS(=O)(=O)c1ccc(NC(=O)C(C)Sc2ccc(C)cc2)cc1. The van der Waals surface area contributed by atoms with Crippen molar-refractivity contribution < 1.29 is 18.0 Å². The summed E-state index contributed by atoms with van der Waals surface area (Å²) in [7, 11) is -3.88. The molecule has 2 N–H and O–H groups in total. The van der Waals surface area contributed by atoms with Crippen molar-refractivity contribution in [2.24, 2.45) is 0 Å². The monoisotopic (exact) mass is 392 g/mol. The number of sulfonamides is 1. The van der Waals surface area contributed by atoms with Crippen LogP contribution in [0, 0.1) is 6.92 Å². The molecule has 6 nitrogen and oxygen atoms in total. The van der Waals surface area contributed by atoms with Crippen molar-refractivity contribution in [1.29, 1.82) is 0 Å². The molecule has 0 bridgehead atoms. The summed E-state index contributed by atoms with van der Waals surface area (Å²) in [5, 5.41) is 2.43. The van der Waals surface area contributed by atoms with Gasteiger partial charge in [-0.3, -0.25) is 9.59 Å². The molecular formula is C18H20N2O4S2. The zero-order valence-corrected chi connectivity index (χ0v) is 16.3. The van der Waals surface area contributed by atoms with Crippen molar-refractivity contribution in [2.45, 2.75) is 35.8 Å². The highest BCUT2D eigenvalue weighted by atomic mass is 32.2. The summed E-state index contributed by atoms with van der Waals surface area (Å²) in [5.74, 6) is -0.850. The van der Waals surface area contributed by atoms with Crippen LogP contribution in [-0.4, -0.2) is 25.5 Å². The van der Waals surface area contributed by atoms with Gasteiger partial charge in [0.25, 0.3) is 10.0 Å². The second-order valence-corrected chi connectivity index (χ2v) is 8.85. The Balaban J connectivity index is 2.00. The van der Waals surface area contributed by atoms with Crippen LogP contribution in [0.15, 0.2) is 58.3 Å². The number of nitrogens with one attached hydrogen (secondary N) is 2. The number of rotatable bonds is 6. The third-order valence-electron chi connectivity index (χ3n) is 3.41. The smallest absolute Gasteiger partial charge is 0.264 e. The number of carbonyl (C=O) groups is 2. The van der Waals surface area contributed by atoms with Crippen molar-refractivity contribution in [2.75, 3.05) is 5.32 Å². The molecule has 138 valence electrons. The Hall–Kier alpha value is -2.32. The van der Waals surface area contributed by atoms with E-state index in [4.69, 9.17) is 0 Å². The Morgan fingerprint density at radius 2 is 1.58 bits per heavy atom. The maximum atomic E-state index is 12.3. The first-order chi connectivity index (χ1) is 12.2. The number of benzene rings is 2. The Kier molecular flexibility index (Phi) is 6.44. The normalized spacial score (nSPS) is 12.3. The number of carbonyl (C=O) groups excluding carboxylic acids is 2. The fraction of sp³-hybridized carbons (Fsp3) is 0.222. The molecule has 0 radical (unpaired) electrons. The van der Waals surface area contributed by atoms with Gasteiger partial charge in [0.2, 0.25) is 11.8 Å². The van der Waals surface area contributed by atoms with E-state index in [1.165, 1.54) is 36.0 Å². The van der Waals surface area contributed by atoms with Gasteiger partial charge in [0.05, 0.1) is 10.1 Å². The minimum absolute atomic E-state index is 0.0484. The zero-order chi connectivity index (χ0) is 19.3. The minimum atomic E-state index is -3.88. The van der Waals surface area contributed by atoms with E-state index in [-0.39, 0.29) is 16.1 Å². The van der Waals surface area contributed by atoms with Crippen LogP contribution < -0.4 is 10.0 Å². The molecule has 0 heterocycles. The van der Waals surface area contributed by atoms with Gasteiger partial charge < -0.3 is 5.32 Å². The highest BCUT2D eigenvalue weighted by molar-refractivity contribution is 8.00. The standard InChI is InChI=1S/C18H20N2O4S2/c1-12-4-8-16(9-5-12)25-13(2)18(22)19-15-6-10-17(11-7-15)26(23,24)20-14(3)21/h4-11,13H,1-3H3,(H,19,22)(H,20,21). The average molecular weight is 393 g/mol. The van der Waals surface area contributed by atoms with Crippen LogP contribution in [0.1, 0.15) is 19.4 Å². The lowest BCUT2D eigenvalue weighted by atomic mass is 10.2. The van der Waals surface area contributed by atoms with Crippen LogP contribution in [0.3, 0.4) is 0 Å². The minimum Gasteiger partial charge on any atom is -0.325 e. The van der Waals surface area contributed by atoms with Crippen LogP contribution in [0.4, 0.5) is 5.69 Å². The van der Waals surface area contributed by atoms with Crippen molar-refractivity contribution in [3.8, 4) is 0 Å². The third-order valence-corrected chi connectivity index (χ3v) is 5.97. The fourth-order valence-electron chi connectivity index (χ4n) is 2.08. The van der Waals surface area contributed by atoms with Gasteiger partial charge in [-0.15, -0.1) is 11.8 Å². The first kappa shape index (κ1) is 20.0. The Bertz CT molecular complexity index is 892. The average Bonchev–Trinajstić information content (AvgIpc) is 2.56. The molecule has 2 aromatic rings. The van der Waals surface area contributed by atoms with E-state index in [2.05, 4.69) is 5.32 Å². The molecule has 0 aliphatic carbocycles. The van der Waals surface area contributed by atoms with Crippen molar-refractivity contribution in [1.82, 2.24) is 4.72 Å². The molecule has 26 heavy (non-hydrogen) atoms. The number of hydrogen-bond donors (Lipinski definition) is 2.